The molecule has 2 heterocycles. The van der Waals surface area contributed by atoms with Crippen LogP contribution in [0.25, 0.3) is 0 Å². The maximum Gasteiger partial charge on any atom is 0.208 e. The van der Waals surface area contributed by atoms with E-state index in [1.54, 1.807) is 10.9 Å². The molecule has 0 aliphatic carbocycles. The molecule has 0 saturated carbocycles. The average molecular weight is 251 g/mol. The van der Waals surface area contributed by atoms with Gasteiger partial charge in [0.1, 0.15) is 5.76 Å². The Morgan fingerprint density at radius 3 is 3.06 bits per heavy atom. The summed E-state index contributed by atoms with van der Waals surface area (Å²) < 4.78 is 7.06. The second-order valence-corrected chi connectivity index (χ2v) is 4.02. The van der Waals surface area contributed by atoms with E-state index >= 15 is 0 Å². The van der Waals surface area contributed by atoms with E-state index < -0.39 is 0 Å². The smallest absolute Gasteiger partial charge is 0.208 e. The van der Waals surface area contributed by atoms with Gasteiger partial charge in [-0.1, -0.05) is 5.21 Å². The summed E-state index contributed by atoms with van der Waals surface area (Å²) in [7, 11) is 0. The van der Waals surface area contributed by atoms with Crippen molar-refractivity contribution in [2.75, 3.05) is 6.61 Å². The standard InChI is InChI=1S/C11H17N5O2/c1-9-5-13-11(18-9)7-12-6-10-8-16(15-14-10)3-2-4-17/h5,8,12,17H,2-4,6-7H2,1H3. The highest BCUT2D eigenvalue weighted by molar-refractivity contribution is 4.93. The molecular weight excluding hydrogens is 234 g/mol. The molecule has 0 amide bonds. The van der Waals surface area contributed by atoms with E-state index in [2.05, 4.69) is 20.6 Å². The maximum atomic E-state index is 8.71. The van der Waals surface area contributed by atoms with Crippen molar-refractivity contribution in [1.29, 1.82) is 0 Å². The van der Waals surface area contributed by atoms with Gasteiger partial charge in [0.15, 0.2) is 0 Å². The van der Waals surface area contributed by atoms with E-state index in [0.717, 1.165) is 11.5 Å². The Morgan fingerprint density at radius 1 is 1.44 bits per heavy atom. The zero-order chi connectivity index (χ0) is 12.8. The van der Waals surface area contributed by atoms with Crippen LogP contribution in [0.2, 0.25) is 0 Å². The van der Waals surface area contributed by atoms with Crippen molar-refractivity contribution in [1.82, 2.24) is 25.3 Å². The van der Waals surface area contributed by atoms with Gasteiger partial charge in [0.2, 0.25) is 5.89 Å². The van der Waals surface area contributed by atoms with Crippen LogP contribution in [-0.4, -0.2) is 31.7 Å². The molecule has 0 aliphatic rings. The molecule has 2 aromatic heterocycles. The lowest BCUT2D eigenvalue weighted by Crippen LogP contribution is -2.13. The van der Waals surface area contributed by atoms with Gasteiger partial charge >= 0.3 is 0 Å². The third kappa shape index (κ3) is 3.64. The molecule has 7 heteroatoms. The van der Waals surface area contributed by atoms with Gasteiger partial charge in [-0.15, -0.1) is 5.10 Å². The van der Waals surface area contributed by atoms with Crippen molar-refractivity contribution in [2.45, 2.75) is 33.0 Å². The highest BCUT2D eigenvalue weighted by atomic mass is 16.4. The first-order valence-corrected chi connectivity index (χ1v) is 5.90. The molecule has 0 aromatic carbocycles. The van der Waals surface area contributed by atoms with E-state index in [4.69, 9.17) is 9.52 Å². The number of aliphatic hydroxyl groups excluding tert-OH is 1. The monoisotopic (exact) mass is 251 g/mol. The summed E-state index contributed by atoms with van der Waals surface area (Å²) in [4.78, 5) is 4.09. The molecule has 0 bridgehead atoms. The van der Waals surface area contributed by atoms with Gasteiger partial charge in [0.05, 0.1) is 18.4 Å². The molecule has 7 nitrogen and oxygen atoms in total. The van der Waals surface area contributed by atoms with E-state index in [1.807, 2.05) is 13.1 Å². The van der Waals surface area contributed by atoms with Gasteiger partial charge in [-0.3, -0.25) is 4.68 Å². The fourth-order valence-electron chi connectivity index (χ4n) is 1.54. The summed E-state index contributed by atoms with van der Waals surface area (Å²) in [6.45, 7) is 3.89. The number of oxazole rings is 1. The fourth-order valence-corrected chi connectivity index (χ4v) is 1.54. The van der Waals surface area contributed by atoms with Gasteiger partial charge in [0.25, 0.3) is 0 Å². The molecule has 18 heavy (non-hydrogen) atoms. The Labute approximate surface area is 105 Å². The summed E-state index contributed by atoms with van der Waals surface area (Å²) in [6.07, 6.45) is 4.25. The van der Waals surface area contributed by atoms with Gasteiger partial charge in [-0.05, 0) is 13.3 Å². The van der Waals surface area contributed by atoms with Gasteiger partial charge in [0, 0.05) is 25.9 Å². The first-order valence-electron chi connectivity index (χ1n) is 5.90. The fraction of sp³-hybridized carbons (Fsp3) is 0.545. The summed E-state index contributed by atoms with van der Waals surface area (Å²) in [5.74, 6) is 1.47. The minimum atomic E-state index is 0.164. The number of rotatable bonds is 7. The van der Waals surface area contributed by atoms with Crippen LogP contribution in [0.3, 0.4) is 0 Å². The molecule has 0 atom stereocenters. The Morgan fingerprint density at radius 2 is 2.33 bits per heavy atom. The van der Waals surface area contributed by atoms with Crippen LogP contribution in [0.15, 0.2) is 16.8 Å². The molecular formula is C11H17N5O2. The van der Waals surface area contributed by atoms with Crippen molar-refractivity contribution in [3.8, 4) is 0 Å². The summed E-state index contributed by atoms with van der Waals surface area (Å²) in [6, 6.07) is 0. The number of aromatic nitrogens is 4. The Kier molecular flexibility index (Phi) is 4.43. The second-order valence-electron chi connectivity index (χ2n) is 4.02. The Hall–Kier alpha value is -1.73. The molecule has 98 valence electrons. The van der Waals surface area contributed by atoms with Crippen molar-refractivity contribution in [3.63, 3.8) is 0 Å². The summed E-state index contributed by atoms with van der Waals surface area (Å²) in [5.41, 5.74) is 0.858. The predicted molar refractivity (Wildman–Crippen MR) is 63.5 cm³/mol. The van der Waals surface area contributed by atoms with Gasteiger partial charge in [-0.25, -0.2) is 4.98 Å². The molecule has 0 saturated heterocycles. The summed E-state index contributed by atoms with van der Waals surface area (Å²) in [5, 5.41) is 19.9. The molecule has 2 rings (SSSR count). The molecule has 0 fully saturated rings. The highest BCUT2D eigenvalue weighted by Gasteiger charge is 2.02. The van der Waals surface area contributed by atoms with E-state index in [9.17, 15) is 0 Å². The number of aliphatic hydroxyl groups is 1. The normalized spacial score (nSPS) is 11.0. The zero-order valence-electron chi connectivity index (χ0n) is 10.3. The van der Waals surface area contributed by atoms with Crippen LogP contribution in [-0.2, 0) is 19.6 Å². The lowest BCUT2D eigenvalue weighted by molar-refractivity contribution is 0.276. The zero-order valence-corrected chi connectivity index (χ0v) is 10.3. The molecule has 2 aromatic rings. The number of hydrogen-bond donors (Lipinski definition) is 2. The maximum absolute atomic E-state index is 8.71. The molecule has 0 spiro atoms. The number of nitrogens with zero attached hydrogens (tertiary/aromatic N) is 4. The van der Waals surface area contributed by atoms with Crippen LogP contribution in [0.5, 0.6) is 0 Å². The first kappa shape index (κ1) is 12.7. The number of nitrogens with one attached hydrogen (secondary N) is 1. The number of hydrogen-bond acceptors (Lipinski definition) is 6. The summed E-state index contributed by atoms with van der Waals surface area (Å²) >= 11 is 0. The first-order chi connectivity index (χ1) is 8.78. The average Bonchev–Trinajstić information content (AvgIpc) is 2.96. The van der Waals surface area contributed by atoms with Crippen LogP contribution in [0, 0.1) is 6.92 Å². The second kappa shape index (κ2) is 6.27. The van der Waals surface area contributed by atoms with E-state index in [1.165, 1.54) is 0 Å². The molecule has 0 aliphatic heterocycles. The Balaban J connectivity index is 1.74. The van der Waals surface area contributed by atoms with Crippen molar-refractivity contribution in [2.24, 2.45) is 0 Å². The van der Waals surface area contributed by atoms with Crippen LogP contribution in [0.4, 0.5) is 0 Å². The van der Waals surface area contributed by atoms with E-state index in [0.29, 0.717) is 31.9 Å². The van der Waals surface area contributed by atoms with Crippen molar-refractivity contribution < 1.29 is 9.52 Å². The molecule has 2 N–H and O–H groups in total. The van der Waals surface area contributed by atoms with E-state index in [-0.39, 0.29) is 6.61 Å². The topological polar surface area (TPSA) is 89.0 Å². The largest absolute Gasteiger partial charge is 0.445 e. The Bertz CT molecular complexity index is 479. The lowest BCUT2D eigenvalue weighted by atomic mass is 10.4. The van der Waals surface area contributed by atoms with Gasteiger partial charge < -0.3 is 14.8 Å². The minimum absolute atomic E-state index is 0.164. The van der Waals surface area contributed by atoms with Crippen LogP contribution < -0.4 is 5.32 Å². The molecule has 0 unspecified atom stereocenters. The molecule has 0 radical (unpaired) electrons. The van der Waals surface area contributed by atoms with Crippen molar-refractivity contribution in [3.05, 3.63) is 29.7 Å². The van der Waals surface area contributed by atoms with Crippen LogP contribution >= 0.6 is 0 Å². The number of aryl methyl sites for hydroxylation is 2. The van der Waals surface area contributed by atoms with Gasteiger partial charge in [-0.2, -0.15) is 0 Å². The third-order valence-corrected chi connectivity index (χ3v) is 2.38. The third-order valence-electron chi connectivity index (χ3n) is 2.38. The van der Waals surface area contributed by atoms with Crippen molar-refractivity contribution >= 4 is 0 Å². The highest BCUT2D eigenvalue weighted by Crippen LogP contribution is 2.01. The predicted octanol–water partition coefficient (Wildman–Crippen LogP) is 0.247. The SMILES string of the molecule is Cc1cnc(CNCc2cn(CCCO)nn2)o1. The van der Waals surface area contributed by atoms with Crippen LogP contribution in [0.1, 0.15) is 23.8 Å². The lowest BCUT2D eigenvalue weighted by Gasteiger charge is -1.98. The minimum Gasteiger partial charge on any atom is -0.445 e. The quantitative estimate of drug-likeness (QED) is 0.733.